The maximum atomic E-state index is 12.7. The molecule has 1 saturated heterocycles. The molecule has 0 spiro atoms. The highest BCUT2D eigenvalue weighted by Crippen LogP contribution is 2.20. The average molecular weight is 403 g/mol. The van der Waals surface area contributed by atoms with Crippen LogP contribution in [0.2, 0.25) is 0 Å². The Morgan fingerprint density at radius 2 is 1.79 bits per heavy atom. The third-order valence-corrected chi connectivity index (χ3v) is 4.89. The van der Waals surface area contributed by atoms with Crippen molar-refractivity contribution < 1.29 is 23.9 Å². The molecule has 1 aliphatic heterocycles. The highest BCUT2D eigenvalue weighted by molar-refractivity contribution is 6.00. The molecule has 0 N–H and O–H groups in total. The molecule has 0 aliphatic carbocycles. The molecular formula is C21H29N3O5. The first-order valence-electron chi connectivity index (χ1n) is 9.74. The van der Waals surface area contributed by atoms with Gasteiger partial charge in [-0.05, 0) is 39.3 Å². The van der Waals surface area contributed by atoms with Gasteiger partial charge in [-0.25, -0.2) is 0 Å². The predicted octanol–water partition coefficient (Wildman–Crippen LogP) is 1.71. The molecule has 0 radical (unpaired) electrons. The van der Waals surface area contributed by atoms with Crippen LogP contribution >= 0.6 is 0 Å². The minimum Gasteiger partial charge on any atom is -0.469 e. The zero-order valence-corrected chi connectivity index (χ0v) is 17.5. The summed E-state index contributed by atoms with van der Waals surface area (Å²) in [5.41, 5.74) is 1.84. The number of aryl methyl sites for hydroxylation is 1. The first-order valence-corrected chi connectivity index (χ1v) is 9.74. The van der Waals surface area contributed by atoms with Crippen LogP contribution in [-0.2, 0) is 23.9 Å². The summed E-state index contributed by atoms with van der Waals surface area (Å²) in [5, 5.41) is 0. The fraction of sp³-hybridized carbons (Fsp3) is 0.524. The summed E-state index contributed by atoms with van der Waals surface area (Å²) < 4.78 is 4.57. The Labute approximate surface area is 171 Å². The van der Waals surface area contributed by atoms with Gasteiger partial charge in [0.25, 0.3) is 0 Å². The number of benzene rings is 1. The summed E-state index contributed by atoms with van der Waals surface area (Å²) in [4.78, 5) is 53.3. The summed E-state index contributed by atoms with van der Waals surface area (Å²) in [6, 6.07) is 7.37. The first kappa shape index (κ1) is 22.4. The Morgan fingerprint density at radius 3 is 2.38 bits per heavy atom. The van der Waals surface area contributed by atoms with Gasteiger partial charge in [0.15, 0.2) is 0 Å². The van der Waals surface area contributed by atoms with Crippen molar-refractivity contribution in [1.29, 1.82) is 0 Å². The molecule has 1 aromatic carbocycles. The van der Waals surface area contributed by atoms with Crippen molar-refractivity contribution in [2.45, 2.75) is 46.1 Å². The number of ether oxygens (including phenoxy) is 1. The lowest BCUT2D eigenvalue weighted by Crippen LogP contribution is -2.45. The van der Waals surface area contributed by atoms with Crippen molar-refractivity contribution in [2.24, 2.45) is 0 Å². The summed E-state index contributed by atoms with van der Waals surface area (Å²) >= 11 is 0. The third-order valence-electron chi connectivity index (χ3n) is 4.89. The fourth-order valence-electron chi connectivity index (χ4n) is 3.10. The zero-order valence-electron chi connectivity index (χ0n) is 17.5. The molecule has 8 heteroatoms. The van der Waals surface area contributed by atoms with Crippen molar-refractivity contribution in [2.75, 3.05) is 31.8 Å². The lowest BCUT2D eigenvalue weighted by Gasteiger charge is -2.28. The summed E-state index contributed by atoms with van der Waals surface area (Å²) in [6.45, 7) is 5.70. The van der Waals surface area contributed by atoms with Crippen LogP contribution < -0.4 is 4.90 Å². The third kappa shape index (κ3) is 6.04. The van der Waals surface area contributed by atoms with Crippen LogP contribution in [0.1, 0.15) is 38.7 Å². The number of hydrogen-bond acceptors (Lipinski definition) is 5. The van der Waals surface area contributed by atoms with E-state index in [0.717, 1.165) is 11.3 Å². The molecule has 1 fully saturated rings. The summed E-state index contributed by atoms with van der Waals surface area (Å²) in [5.74, 6) is -0.986. The molecule has 1 heterocycles. The van der Waals surface area contributed by atoms with Crippen molar-refractivity contribution in [3.63, 3.8) is 0 Å². The number of carbonyl (C=O) groups is 4. The molecule has 158 valence electrons. The molecule has 29 heavy (non-hydrogen) atoms. The van der Waals surface area contributed by atoms with Crippen LogP contribution in [0.4, 0.5) is 5.69 Å². The zero-order chi connectivity index (χ0) is 21.6. The second-order valence-electron chi connectivity index (χ2n) is 7.44. The number of carbonyl (C=O) groups excluding carboxylic acids is 4. The van der Waals surface area contributed by atoms with Gasteiger partial charge in [-0.2, -0.15) is 0 Å². The van der Waals surface area contributed by atoms with E-state index >= 15 is 0 Å². The Hall–Kier alpha value is -2.90. The highest BCUT2D eigenvalue weighted by atomic mass is 16.5. The number of rotatable bonds is 8. The van der Waals surface area contributed by atoms with Gasteiger partial charge >= 0.3 is 5.97 Å². The van der Waals surface area contributed by atoms with Crippen LogP contribution in [0.25, 0.3) is 0 Å². The quantitative estimate of drug-likeness (QED) is 0.617. The molecule has 1 aromatic rings. The molecule has 0 unspecified atom stereocenters. The van der Waals surface area contributed by atoms with Crippen LogP contribution in [-0.4, -0.2) is 66.4 Å². The topological polar surface area (TPSA) is 87.2 Å². The van der Waals surface area contributed by atoms with Crippen molar-refractivity contribution in [3.8, 4) is 0 Å². The lowest BCUT2D eigenvalue weighted by atomic mass is 10.2. The minimum absolute atomic E-state index is 0.00479. The molecule has 0 atom stereocenters. The maximum absolute atomic E-state index is 12.7. The largest absolute Gasteiger partial charge is 0.469 e. The molecule has 1 aliphatic rings. The maximum Gasteiger partial charge on any atom is 0.305 e. The fourth-order valence-corrected chi connectivity index (χ4v) is 3.10. The molecule has 0 saturated carbocycles. The monoisotopic (exact) mass is 403 g/mol. The van der Waals surface area contributed by atoms with Crippen LogP contribution in [0.3, 0.4) is 0 Å². The normalized spacial score (nSPS) is 13.8. The van der Waals surface area contributed by atoms with Gasteiger partial charge in [0, 0.05) is 24.6 Å². The second-order valence-corrected chi connectivity index (χ2v) is 7.44. The number of hydrogen-bond donors (Lipinski definition) is 0. The van der Waals surface area contributed by atoms with Crippen LogP contribution in [0, 0.1) is 6.92 Å². The van der Waals surface area contributed by atoms with E-state index in [-0.39, 0.29) is 62.3 Å². The SMILES string of the molecule is COC(=O)CCCC(=O)N(CC(=O)N1CC(=O)N(c2ccc(C)cc2)C1)C(C)C. The Morgan fingerprint density at radius 1 is 1.14 bits per heavy atom. The van der Waals surface area contributed by atoms with Gasteiger partial charge in [-0.15, -0.1) is 0 Å². The molecule has 0 bridgehead atoms. The number of methoxy groups -OCH3 is 1. The number of nitrogens with zero attached hydrogens (tertiary/aromatic N) is 3. The summed E-state index contributed by atoms with van der Waals surface area (Å²) in [6.07, 6.45) is 0.690. The van der Waals surface area contributed by atoms with Crippen molar-refractivity contribution in [3.05, 3.63) is 29.8 Å². The van der Waals surface area contributed by atoms with E-state index in [9.17, 15) is 19.2 Å². The van der Waals surface area contributed by atoms with Crippen LogP contribution in [0.5, 0.6) is 0 Å². The second kappa shape index (κ2) is 10.0. The van der Waals surface area contributed by atoms with E-state index < -0.39 is 0 Å². The predicted molar refractivity (Wildman–Crippen MR) is 108 cm³/mol. The van der Waals surface area contributed by atoms with E-state index in [0.29, 0.717) is 6.42 Å². The Kier molecular flexibility index (Phi) is 7.75. The van der Waals surface area contributed by atoms with Gasteiger partial charge < -0.3 is 14.5 Å². The average Bonchev–Trinajstić information content (AvgIpc) is 3.07. The van der Waals surface area contributed by atoms with E-state index in [2.05, 4.69) is 4.74 Å². The van der Waals surface area contributed by atoms with E-state index in [1.54, 1.807) is 4.90 Å². The van der Waals surface area contributed by atoms with Gasteiger partial charge in [-0.1, -0.05) is 17.7 Å². The number of anilines is 1. The van der Waals surface area contributed by atoms with E-state index in [1.165, 1.54) is 16.9 Å². The standard InChI is InChI=1S/C21H29N3O5/c1-15(2)23(18(25)6-5-7-21(28)29-4)13-19(26)22-12-20(27)24(14-22)17-10-8-16(3)9-11-17/h8-11,15H,5-7,12-14H2,1-4H3. The van der Waals surface area contributed by atoms with Crippen molar-refractivity contribution >= 4 is 29.4 Å². The van der Waals surface area contributed by atoms with Crippen LogP contribution in [0.15, 0.2) is 24.3 Å². The summed E-state index contributed by atoms with van der Waals surface area (Å²) in [7, 11) is 1.31. The molecule has 3 amide bonds. The van der Waals surface area contributed by atoms with E-state index in [4.69, 9.17) is 0 Å². The van der Waals surface area contributed by atoms with Crippen molar-refractivity contribution in [1.82, 2.24) is 9.80 Å². The Balaban J connectivity index is 1.95. The van der Waals surface area contributed by atoms with Gasteiger partial charge in [0.2, 0.25) is 17.7 Å². The van der Waals surface area contributed by atoms with Gasteiger partial charge in [-0.3, -0.25) is 24.1 Å². The molecule has 0 aromatic heterocycles. The van der Waals surface area contributed by atoms with Gasteiger partial charge in [0.1, 0.15) is 19.8 Å². The smallest absolute Gasteiger partial charge is 0.305 e. The highest BCUT2D eigenvalue weighted by Gasteiger charge is 2.33. The molecule has 2 rings (SSSR count). The minimum atomic E-state index is -0.364. The first-order chi connectivity index (χ1) is 13.7. The molecule has 8 nitrogen and oxygen atoms in total. The lowest BCUT2D eigenvalue weighted by molar-refractivity contribution is -0.143. The number of amides is 3. The van der Waals surface area contributed by atoms with Gasteiger partial charge in [0.05, 0.1) is 7.11 Å². The van der Waals surface area contributed by atoms with E-state index in [1.807, 2.05) is 45.0 Å². The number of esters is 1. The molecular weight excluding hydrogens is 374 g/mol. The Bertz CT molecular complexity index is 760.